The minimum Gasteiger partial charge on any atom is -0.504 e. The summed E-state index contributed by atoms with van der Waals surface area (Å²) in [5.74, 6) is 0.652. The average Bonchev–Trinajstić information content (AvgIpc) is 2.60. The number of methoxy groups -OCH3 is 1. The molecule has 1 heterocycles. The van der Waals surface area contributed by atoms with E-state index in [1.54, 1.807) is 18.2 Å². The first kappa shape index (κ1) is 11.4. The summed E-state index contributed by atoms with van der Waals surface area (Å²) in [6.45, 7) is 0. The lowest BCUT2D eigenvalue weighted by atomic mass is 10.2. The van der Waals surface area contributed by atoms with E-state index in [9.17, 15) is 9.90 Å². The molecule has 0 unspecified atom stereocenters. The first-order valence-electron chi connectivity index (χ1n) is 4.72. The second-order valence-electron chi connectivity index (χ2n) is 3.28. The summed E-state index contributed by atoms with van der Waals surface area (Å²) in [6.07, 6.45) is 0.995. The molecule has 1 saturated heterocycles. The Bertz CT molecular complexity index is 524. The fourth-order valence-corrected chi connectivity index (χ4v) is 1.54. The van der Waals surface area contributed by atoms with Crippen LogP contribution in [-0.4, -0.2) is 23.3 Å². The molecule has 0 saturated carbocycles. The Morgan fingerprint density at radius 1 is 1.53 bits per heavy atom. The Morgan fingerprint density at radius 3 is 2.88 bits per heavy atom. The van der Waals surface area contributed by atoms with E-state index in [4.69, 9.17) is 21.7 Å². The molecule has 0 radical (unpaired) electrons. The van der Waals surface area contributed by atoms with E-state index < -0.39 is 6.09 Å². The molecule has 17 heavy (non-hydrogen) atoms. The first-order valence-corrected chi connectivity index (χ1v) is 5.13. The zero-order valence-corrected chi connectivity index (χ0v) is 9.71. The third kappa shape index (κ3) is 2.36. The van der Waals surface area contributed by atoms with E-state index in [1.165, 1.54) is 13.2 Å². The van der Waals surface area contributed by atoms with Crippen LogP contribution in [0.15, 0.2) is 24.0 Å². The second kappa shape index (κ2) is 4.42. The fourth-order valence-electron chi connectivity index (χ4n) is 1.36. The van der Waals surface area contributed by atoms with Crippen LogP contribution >= 0.6 is 12.2 Å². The van der Waals surface area contributed by atoms with Crippen molar-refractivity contribution in [3.05, 3.63) is 29.5 Å². The molecule has 1 aliphatic heterocycles. The van der Waals surface area contributed by atoms with Gasteiger partial charge in [0, 0.05) is 0 Å². The number of rotatable bonds is 2. The predicted octanol–water partition coefficient (Wildman–Crippen LogP) is 1.81. The van der Waals surface area contributed by atoms with Crippen LogP contribution in [0.5, 0.6) is 11.5 Å². The van der Waals surface area contributed by atoms with Crippen LogP contribution in [0.2, 0.25) is 0 Å². The lowest BCUT2D eigenvalue weighted by Gasteiger charge is -2.04. The molecule has 2 N–H and O–H groups in total. The van der Waals surface area contributed by atoms with Crippen molar-refractivity contribution >= 4 is 29.4 Å². The summed E-state index contributed by atoms with van der Waals surface area (Å²) in [5, 5.41) is 11.8. The molecular weight excluding hydrogens is 242 g/mol. The quantitative estimate of drug-likeness (QED) is 0.619. The number of carbonyl (C=O) groups is 1. The molecule has 1 aromatic rings. The smallest absolute Gasteiger partial charge is 0.417 e. The Hall–Kier alpha value is -2.08. The molecule has 0 atom stereocenters. The number of ether oxygens (including phenoxy) is 2. The van der Waals surface area contributed by atoms with E-state index in [1.807, 2.05) is 0 Å². The highest BCUT2D eigenvalue weighted by molar-refractivity contribution is 7.80. The number of carbonyl (C=O) groups excluding carboxylic acids is 1. The van der Waals surface area contributed by atoms with Gasteiger partial charge >= 0.3 is 6.09 Å². The molecule has 2 rings (SSSR count). The van der Waals surface area contributed by atoms with Gasteiger partial charge in [0.1, 0.15) is 0 Å². The molecule has 0 aromatic heterocycles. The van der Waals surface area contributed by atoms with Crippen LogP contribution in [0.4, 0.5) is 4.79 Å². The topological polar surface area (TPSA) is 67.8 Å². The van der Waals surface area contributed by atoms with Crippen LogP contribution in [0.25, 0.3) is 6.08 Å². The second-order valence-corrected chi connectivity index (χ2v) is 3.69. The monoisotopic (exact) mass is 251 g/mol. The number of thiocarbonyl (C=S) groups is 1. The number of aromatic hydroxyl groups is 1. The molecule has 0 aliphatic carbocycles. The van der Waals surface area contributed by atoms with Crippen molar-refractivity contribution in [1.82, 2.24) is 5.32 Å². The molecule has 0 spiro atoms. The van der Waals surface area contributed by atoms with Crippen LogP contribution < -0.4 is 10.1 Å². The number of hydrogen-bond acceptors (Lipinski definition) is 5. The Kier molecular flexibility index (Phi) is 2.97. The zero-order chi connectivity index (χ0) is 12.4. The van der Waals surface area contributed by atoms with Gasteiger partial charge in [-0.25, -0.2) is 4.79 Å². The number of phenols is 1. The summed E-state index contributed by atoms with van der Waals surface area (Å²) in [4.78, 5) is 11.1. The normalized spacial score (nSPS) is 16.9. The highest BCUT2D eigenvalue weighted by atomic mass is 32.1. The van der Waals surface area contributed by atoms with Crippen molar-refractivity contribution in [2.45, 2.75) is 0 Å². The van der Waals surface area contributed by atoms with Gasteiger partial charge in [0.05, 0.1) is 7.11 Å². The van der Waals surface area contributed by atoms with Gasteiger partial charge < -0.3 is 14.6 Å². The van der Waals surface area contributed by atoms with Crippen molar-refractivity contribution in [2.75, 3.05) is 7.11 Å². The summed E-state index contributed by atoms with van der Waals surface area (Å²) in [5.41, 5.74) is 0.702. The van der Waals surface area contributed by atoms with Gasteiger partial charge in [0.25, 0.3) is 0 Å². The highest BCUT2D eigenvalue weighted by Crippen LogP contribution is 2.27. The van der Waals surface area contributed by atoms with Gasteiger partial charge in [0.15, 0.2) is 22.2 Å². The highest BCUT2D eigenvalue weighted by Gasteiger charge is 2.22. The minimum atomic E-state index is -0.591. The maximum Gasteiger partial charge on any atom is 0.417 e. The molecular formula is C11H9NO4S. The molecule has 88 valence electrons. The number of cyclic esters (lactones) is 1. The van der Waals surface area contributed by atoms with Gasteiger partial charge in [-0.05, 0) is 23.8 Å². The maximum absolute atomic E-state index is 10.9. The van der Waals surface area contributed by atoms with Gasteiger partial charge in [-0.15, -0.1) is 0 Å². The number of benzene rings is 1. The average molecular weight is 251 g/mol. The number of amides is 1. The van der Waals surface area contributed by atoms with Gasteiger partial charge in [-0.3, -0.25) is 5.32 Å². The van der Waals surface area contributed by atoms with Crippen molar-refractivity contribution < 1.29 is 19.4 Å². The molecule has 6 heteroatoms. The van der Waals surface area contributed by atoms with E-state index in [0.717, 1.165) is 0 Å². The zero-order valence-electron chi connectivity index (χ0n) is 8.89. The summed E-state index contributed by atoms with van der Waals surface area (Å²) in [7, 11) is 1.45. The van der Waals surface area contributed by atoms with Crippen LogP contribution in [0.1, 0.15) is 5.56 Å². The van der Waals surface area contributed by atoms with Gasteiger partial charge in [0.2, 0.25) is 0 Å². The summed E-state index contributed by atoms with van der Waals surface area (Å²) in [6, 6.07) is 4.75. The van der Waals surface area contributed by atoms with E-state index >= 15 is 0 Å². The Morgan fingerprint density at radius 2 is 2.29 bits per heavy atom. The van der Waals surface area contributed by atoms with E-state index in [0.29, 0.717) is 11.3 Å². The number of nitrogens with one attached hydrogen (secondary N) is 1. The molecule has 1 amide bonds. The number of hydrogen-bond donors (Lipinski definition) is 2. The lowest BCUT2D eigenvalue weighted by Crippen LogP contribution is -2.16. The van der Waals surface area contributed by atoms with Crippen molar-refractivity contribution in [3.8, 4) is 11.5 Å². The molecule has 1 fully saturated rings. The number of alkyl carbamates (subject to hydrolysis) is 1. The molecule has 5 nitrogen and oxygen atoms in total. The molecule has 0 bridgehead atoms. The Labute approximate surface area is 103 Å². The van der Waals surface area contributed by atoms with Gasteiger partial charge in [-0.1, -0.05) is 18.3 Å². The van der Waals surface area contributed by atoms with Crippen LogP contribution in [0.3, 0.4) is 0 Å². The fraction of sp³-hybridized carbons (Fsp3) is 0.0909. The van der Waals surface area contributed by atoms with Crippen molar-refractivity contribution in [3.63, 3.8) is 0 Å². The third-order valence-electron chi connectivity index (χ3n) is 2.14. The SMILES string of the molecule is COc1cc(/C=C2\OC(=O)NC2=S)ccc1O. The largest absolute Gasteiger partial charge is 0.504 e. The predicted molar refractivity (Wildman–Crippen MR) is 64.9 cm³/mol. The molecule has 1 aliphatic rings. The summed E-state index contributed by atoms with van der Waals surface area (Å²) < 4.78 is 9.81. The summed E-state index contributed by atoms with van der Waals surface area (Å²) >= 11 is 4.90. The van der Waals surface area contributed by atoms with Crippen LogP contribution in [-0.2, 0) is 4.74 Å². The van der Waals surface area contributed by atoms with Crippen LogP contribution in [0, 0.1) is 0 Å². The van der Waals surface area contributed by atoms with E-state index in [2.05, 4.69) is 5.32 Å². The maximum atomic E-state index is 10.9. The standard InChI is InChI=1S/C11H9NO4S/c1-15-8-4-6(2-3-7(8)13)5-9-10(17)12-11(14)16-9/h2-5,13H,1H3,(H,12,14,17)/b9-5-. The van der Waals surface area contributed by atoms with E-state index in [-0.39, 0.29) is 16.5 Å². The Balaban J connectivity index is 2.33. The van der Waals surface area contributed by atoms with Crippen molar-refractivity contribution in [1.29, 1.82) is 0 Å². The first-order chi connectivity index (χ1) is 8.10. The third-order valence-corrected chi connectivity index (χ3v) is 2.45. The van der Waals surface area contributed by atoms with Crippen molar-refractivity contribution in [2.24, 2.45) is 0 Å². The van der Waals surface area contributed by atoms with Gasteiger partial charge in [-0.2, -0.15) is 0 Å². The number of phenolic OH excluding ortho intramolecular Hbond substituents is 1. The minimum absolute atomic E-state index is 0.0405. The molecule has 1 aromatic carbocycles. The lowest BCUT2D eigenvalue weighted by molar-refractivity contribution is 0.195.